The van der Waals surface area contributed by atoms with Crippen LogP contribution in [0.2, 0.25) is 5.02 Å². The second kappa shape index (κ2) is 7.32. The highest BCUT2D eigenvalue weighted by Gasteiger charge is 2.12. The van der Waals surface area contributed by atoms with Crippen LogP contribution in [0.4, 0.5) is 0 Å². The highest BCUT2D eigenvalue weighted by atomic mass is 35.5. The van der Waals surface area contributed by atoms with E-state index < -0.39 is 0 Å². The third kappa shape index (κ3) is 4.50. The van der Waals surface area contributed by atoms with Crippen molar-refractivity contribution in [2.75, 3.05) is 6.61 Å². The van der Waals surface area contributed by atoms with Gasteiger partial charge in [-0.05, 0) is 50.1 Å². The number of nitrogens with one attached hydrogen (secondary N) is 1. The van der Waals surface area contributed by atoms with E-state index in [9.17, 15) is 4.79 Å². The highest BCUT2D eigenvalue weighted by Crippen LogP contribution is 2.19. The number of halogens is 1. The summed E-state index contributed by atoms with van der Waals surface area (Å²) >= 11 is 5.87. The van der Waals surface area contributed by atoms with Crippen LogP contribution in [0.25, 0.3) is 0 Å². The Bertz CT molecular complexity index is 670. The Balaban J connectivity index is 1.91. The zero-order chi connectivity index (χ0) is 16.1. The van der Waals surface area contributed by atoms with Gasteiger partial charge in [0.25, 0.3) is 5.91 Å². The quantitative estimate of drug-likeness (QED) is 0.897. The smallest absolute Gasteiger partial charge is 0.258 e. The van der Waals surface area contributed by atoms with Gasteiger partial charge in [0.2, 0.25) is 0 Å². The number of amides is 1. The molecule has 0 heterocycles. The lowest BCUT2D eigenvalue weighted by atomic mass is 10.0. The van der Waals surface area contributed by atoms with E-state index in [0.29, 0.717) is 10.8 Å². The molecule has 0 aliphatic rings. The summed E-state index contributed by atoms with van der Waals surface area (Å²) in [5.74, 6) is 0.425. The molecule has 2 aromatic carbocycles. The maximum Gasteiger partial charge on any atom is 0.258 e. The van der Waals surface area contributed by atoms with Crippen molar-refractivity contribution in [3.63, 3.8) is 0 Å². The maximum absolute atomic E-state index is 12.0. The van der Waals surface area contributed by atoms with Crippen molar-refractivity contribution < 1.29 is 9.53 Å². The summed E-state index contributed by atoms with van der Waals surface area (Å²) in [5, 5.41) is 3.53. The molecule has 0 aliphatic carbocycles. The Hall–Kier alpha value is -2.00. The lowest BCUT2D eigenvalue weighted by Gasteiger charge is -2.17. The normalized spacial score (nSPS) is 11.8. The summed E-state index contributed by atoms with van der Waals surface area (Å²) < 4.78 is 5.44. The number of hydrogen-bond acceptors (Lipinski definition) is 2. The van der Waals surface area contributed by atoms with Gasteiger partial charge in [0.05, 0.1) is 6.04 Å². The van der Waals surface area contributed by atoms with Gasteiger partial charge in [0.1, 0.15) is 5.75 Å². The Morgan fingerprint density at radius 2 is 2.00 bits per heavy atom. The van der Waals surface area contributed by atoms with Crippen LogP contribution in [0, 0.1) is 13.8 Å². The minimum absolute atomic E-state index is 0.0322. The summed E-state index contributed by atoms with van der Waals surface area (Å²) in [7, 11) is 0. The number of carbonyl (C=O) groups is 1. The van der Waals surface area contributed by atoms with E-state index in [0.717, 1.165) is 5.56 Å². The highest BCUT2D eigenvalue weighted by molar-refractivity contribution is 6.30. The molecule has 1 N–H and O–H groups in total. The average molecular weight is 318 g/mol. The lowest BCUT2D eigenvalue weighted by molar-refractivity contribution is -0.123. The van der Waals surface area contributed by atoms with Gasteiger partial charge in [-0.2, -0.15) is 0 Å². The second-order valence-electron chi connectivity index (χ2n) is 5.40. The number of hydrogen-bond donors (Lipinski definition) is 1. The van der Waals surface area contributed by atoms with Crippen molar-refractivity contribution in [3.05, 3.63) is 64.2 Å². The van der Waals surface area contributed by atoms with Crippen molar-refractivity contribution in [2.45, 2.75) is 26.8 Å². The monoisotopic (exact) mass is 317 g/mol. The van der Waals surface area contributed by atoms with Gasteiger partial charge in [-0.1, -0.05) is 41.4 Å². The Labute approximate surface area is 136 Å². The predicted molar refractivity (Wildman–Crippen MR) is 89.4 cm³/mol. The van der Waals surface area contributed by atoms with Gasteiger partial charge in [-0.25, -0.2) is 0 Å². The number of carbonyl (C=O) groups excluding carboxylic acids is 1. The molecule has 22 heavy (non-hydrogen) atoms. The number of benzene rings is 2. The predicted octanol–water partition coefficient (Wildman–Crippen LogP) is 4.21. The standard InChI is InChI=1S/C18H20ClNO2/c1-12-7-8-17(13(2)9-12)14(3)20-18(21)11-22-16-6-4-5-15(19)10-16/h4-10,14H,11H2,1-3H3,(H,20,21). The molecule has 0 bridgehead atoms. The second-order valence-corrected chi connectivity index (χ2v) is 5.83. The Morgan fingerprint density at radius 1 is 1.23 bits per heavy atom. The van der Waals surface area contributed by atoms with Crippen LogP contribution in [0.1, 0.15) is 29.7 Å². The molecular weight excluding hydrogens is 298 g/mol. The van der Waals surface area contributed by atoms with Gasteiger partial charge in [-0.3, -0.25) is 4.79 Å². The molecule has 0 fully saturated rings. The van der Waals surface area contributed by atoms with Crippen molar-refractivity contribution in [1.82, 2.24) is 5.32 Å². The molecule has 3 nitrogen and oxygen atoms in total. The minimum atomic E-state index is -0.160. The fourth-order valence-electron chi connectivity index (χ4n) is 2.38. The van der Waals surface area contributed by atoms with Crippen molar-refractivity contribution >= 4 is 17.5 Å². The van der Waals surface area contributed by atoms with E-state index in [1.807, 2.05) is 26.0 Å². The summed E-state index contributed by atoms with van der Waals surface area (Å²) in [6, 6.07) is 13.2. The molecule has 4 heteroatoms. The van der Waals surface area contributed by atoms with E-state index in [1.165, 1.54) is 11.1 Å². The van der Waals surface area contributed by atoms with E-state index in [1.54, 1.807) is 24.3 Å². The topological polar surface area (TPSA) is 38.3 Å². The van der Waals surface area contributed by atoms with Crippen molar-refractivity contribution in [1.29, 1.82) is 0 Å². The molecule has 0 spiro atoms. The molecular formula is C18H20ClNO2. The van der Waals surface area contributed by atoms with E-state index in [2.05, 4.69) is 18.3 Å². The van der Waals surface area contributed by atoms with Crippen molar-refractivity contribution in [3.8, 4) is 5.75 Å². The summed E-state index contributed by atoms with van der Waals surface area (Å²) in [4.78, 5) is 12.0. The van der Waals surface area contributed by atoms with Gasteiger partial charge in [0, 0.05) is 5.02 Å². The minimum Gasteiger partial charge on any atom is -0.484 e. The number of ether oxygens (including phenoxy) is 1. The zero-order valence-electron chi connectivity index (χ0n) is 13.0. The van der Waals surface area contributed by atoms with Crippen molar-refractivity contribution in [2.24, 2.45) is 0 Å². The molecule has 0 aliphatic heterocycles. The molecule has 0 saturated carbocycles. The summed E-state index contributed by atoms with van der Waals surface area (Å²) in [6.07, 6.45) is 0. The fourth-order valence-corrected chi connectivity index (χ4v) is 2.56. The van der Waals surface area contributed by atoms with E-state index >= 15 is 0 Å². The molecule has 0 saturated heterocycles. The van der Waals surface area contributed by atoms with Gasteiger partial charge in [-0.15, -0.1) is 0 Å². The largest absolute Gasteiger partial charge is 0.484 e. The molecule has 1 unspecified atom stereocenters. The molecule has 0 aromatic heterocycles. The summed E-state index contributed by atoms with van der Waals surface area (Å²) in [6.45, 7) is 6.04. The van der Waals surface area contributed by atoms with Crippen LogP contribution in [-0.4, -0.2) is 12.5 Å². The third-order valence-electron chi connectivity index (χ3n) is 3.44. The number of aryl methyl sites for hydroxylation is 2. The first-order chi connectivity index (χ1) is 10.5. The lowest BCUT2D eigenvalue weighted by Crippen LogP contribution is -2.31. The molecule has 2 rings (SSSR count). The first-order valence-electron chi connectivity index (χ1n) is 7.20. The first kappa shape index (κ1) is 16.4. The van der Waals surface area contributed by atoms with E-state index in [4.69, 9.17) is 16.3 Å². The zero-order valence-corrected chi connectivity index (χ0v) is 13.8. The molecule has 2 aromatic rings. The van der Waals surface area contributed by atoms with Crippen LogP contribution < -0.4 is 10.1 Å². The first-order valence-corrected chi connectivity index (χ1v) is 7.58. The average Bonchev–Trinajstić information content (AvgIpc) is 2.45. The van der Waals surface area contributed by atoms with Gasteiger partial charge in [0.15, 0.2) is 6.61 Å². The molecule has 1 atom stereocenters. The third-order valence-corrected chi connectivity index (χ3v) is 3.67. The number of rotatable bonds is 5. The summed E-state index contributed by atoms with van der Waals surface area (Å²) in [5.41, 5.74) is 3.49. The van der Waals surface area contributed by atoms with Crippen LogP contribution in [0.3, 0.4) is 0 Å². The molecule has 1 amide bonds. The van der Waals surface area contributed by atoms with E-state index in [-0.39, 0.29) is 18.6 Å². The van der Waals surface area contributed by atoms with Gasteiger partial charge >= 0.3 is 0 Å². The fraction of sp³-hybridized carbons (Fsp3) is 0.278. The maximum atomic E-state index is 12.0. The van der Waals surface area contributed by atoms with Crippen LogP contribution in [-0.2, 0) is 4.79 Å². The Morgan fingerprint density at radius 3 is 2.68 bits per heavy atom. The Kier molecular flexibility index (Phi) is 5.45. The molecule has 116 valence electrons. The van der Waals surface area contributed by atoms with Crippen LogP contribution in [0.5, 0.6) is 5.75 Å². The SMILES string of the molecule is Cc1ccc(C(C)NC(=O)COc2cccc(Cl)c2)c(C)c1. The van der Waals surface area contributed by atoms with Crippen LogP contribution >= 0.6 is 11.6 Å². The van der Waals surface area contributed by atoms with Gasteiger partial charge < -0.3 is 10.1 Å². The molecule has 0 radical (unpaired) electrons. The van der Waals surface area contributed by atoms with Crippen LogP contribution in [0.15, 0.2) is 42.5 Å².